The second-order valence-corrected chi connectivity index (χ2v) is 9.75. The quantitative estimate of drug-likeness (QED) is 0.194. The van der Waals surface area contributed by atoms with Crippen LogP contribution in [0, 0.1) is 11.8 Å². The minimum atomic E-state index is -1.22. The molecule has 0 heterocycles. The van der Waals surface area contributed by atoms with Crippen LogP contribution in [-0.4, -0.2) is 58.9 Å². The minimum absolute atomic E-state index is 0.00255. The van der Waals surface area contributed by atoms with Gasteiger partial charge in [0.05, 0.1) is 12.5 Å². The van der Waals surface area contributed by atoms with E-state index in [4.69, 9.17) is 11.5 Å². The van der Waals surface area contributed by atoms with E-state index < -0.39 is 53.8 Å². The van der Waals surface area contributed by atoms with E-state index >= 15 is 0 Å². The van der Waals surface area contributed by atoms with Crippen LogP contribution in [0.5, 0.6) is 0 Å². The maximum Gasteiger partial charge on any atom is 0.326 e. The second-order valence-electron chi connectivity index (χ2n) is 9.75. The van der Waals surface area contributed by atoms with Gasteiger partial charge in [-0.2, -0.15) is 0 Å². The Bertz CT molecular complexity index is 905. The number of rotatable bonds is 15. The molecule has 0 aliphatic rings. The first-order valence-corrected chi connectivity index (χ1v) is 12.0. The van der Waals surface area contributed by atoms with Crippen LogP contribution in [0.2, 0.25) is 0 Å². The van der Waals surface area contributed by atoms with Crippen LogP contribution in [0.3, 0.4) is 0 Å². The van der Waals surface area contributed by atoms with Crippen molar-refractivity contribution in [1.82, 2.24) is 16.0 Å². The Kier molecular flexibility index (Phi) is 12.6. The van der Waals surface area contributed by atoms with Gasteiger partial charge < -0.3 is 32.5 Å². The van der Waals surface area contributed by atoms with E-state index in [0.717, 1.165) is 5.56 Å². The fourth-order valence-electron chi connectivity index (χ4n) is 3.59. The number of carboxylic acid groups (broad SMARTS) is 1. The highest BCUT2D eigenvalue weighted by atomic mass is 16.4. The number of hydrogen-bond acceptors (Lipinski definition) is 6. The van der Waals surface area contributed by atoms with Crippen LogP contribution < -0.4 is 27.4 Å². The monoisotopic (exact) mass is 505 g/mol. The summed E-state index contributed by atoms with van der Waals surface area (Å²) in [5, 5.41) is 17.3. The van der Waals surface area contributed by atoms with Gasteiger partial charge in [-0.15, -0.1) is 0 Å². The third-order valence-electron chi connectivity index (χ3n) is 5.34. The van der Waals surface area contributed by atoms with E-state index in [0.29, 0.717) is 0 Å². The van der Waals surface area contributed by atoms with E-state index in [1.807, 2.05) is 33.8 Å². The summed E-state index contributed by atoms with van der Waals surface area (Å²) in [6, 6.07) is 4.47. The number of carbonyl (C=O) groups excluding carboxylic acids is 4. The first kappa shape index (κ1) is 30.6. The van der Waals surface area contributed by atoms with Crippen molar-refractivity contribution in [3.63, 3.8) is 0 Å². The SMILES string of the molecule is CC(C)CC(NC(=O)C(Cc1ccccc1)NC(=O)C(CC(C)C)NC(=O)C(N)CC(N)=O)C(=O)O. The zero-order chi connectivity index (χ0) is 27.4. The summed E-state index contributed by atoms with van der Waals surface area (Å²) >= 11 is 0. The van der Waals surface area contributed by atoms with Crippen LogP contribution in [0.4, 0.5) is 0 Å². The van der Waals surface area contributed by atoms with Gasteiger partial charge in [0.1, 0.15) is 18.1 Å². The second kappa shape index (κ2) is 14.8. The average Bonchev–Trinajstić information content (AvgIpc) is 2.77. The van der Waals surface area contributed by atoms with Gasteiger partial charge in [0.25, 0.3) is 0 Å². The first-order chi connectivity index (χ1) is 16.8. The van der Waals surface area contributed by atoms with Crippen LogP contribution in [0.25, 0.3) is 0 Å². The minimum Gasteiger partial charge on any atom is -0.480 e. The third-order valence-corrected chi connectivity index (χ3v) is 5.34. The molecule has 1 aromatic rings. The Morgan fingerprint density at radius 3 is 1.75 bits per heavy atom. The Balaban J connectivity index is 3.12. The fraction of sp³-hybridized carbons (Fsp3) is 0.560. The highest BCUT2D eigenvalue weighted by Gasteiger charge is 2.31. The number of benzene rings is 1. The molecular weight excluding hydrogens is 466 g/mol. The normalized spacial score (nSPS) is 14.4. The standard InChI is InChI=1S/C25H39N5O6/c1-14(2)10-18(28-22(32)17(26)13-21(27)31)23(33)29-19(12-16-8-6-5-7-9-16)24(34)30-20(25(35)36)11-15(3)4/h5-9,14-15,17-20H,10-13,26H2,1-4H3,(H2,27,31)(H,28,32)(H,29,33)(H,30,34)(H,35,36). The number of carbonyl (C=O) groups is 5. The molecule has 200 valence electrons. The molecule has 0 spiro atoms. The average molecular weight is 506 g/mol. The molecule has 0 radical (unpaired) electrons. The first-order valence-electron chi connectivity index (χ1n) is 12.0. The van der Waals surface area contributed by atoms with Gasteiger partial charge in [0.15, 0.2) is 0 Å². The summed E-state index contributed by atoms with van der Waals surface area (Å²) in [5.41, 5.74) is 11.6. The van der Waals surface area contributed by atoms with Crippen molar-refractivity contribution in [1.29, 1.82) is 0 Å². The number of primary amides is 1. The smallest absolute Gasteiger partial charge is 0.326 e. The zero-order valence-electron chi connectivity index (χ0n) is 21.3. The molecule has 8 N–H and O–H groups in total. The third kappa shape index (κ3) is 11.3. The van der Waals surface area contributed by atoms with Gasteiger partial charge in [0.2, 0.25) is 23.6 Å². The van der Waals surface area contributed by atoms with Crippen LogP contribution in [0.1, 0.15) is 52.5 Å². The van der Waals surface area contributed by atoms with E-state index in [1.54, 1.807) is 24.3 Å². The molecule has 1 aromatic carbocycles. The van der Waals surface area contributed by atoms with Crippen molar-refractivity contribution in [2.45, 2.75) is 77.5 Å². The Hall–Kier alpha value is -3.47. The van der Waals surface area contributed by atoms with E-state index in [1.165, 1.54) is 0 Å². The molecule has 0 aromatic heterocycles. The van der Waals surface area contributed by atoms with E-state index in [2.05, 4.69) is 16.0 Å². The Morgan fingerprint density at radius 1 is 0.778 bits per heavy atom. The Labute approximate surface area is 211 Å². The van der Waals surface area contributed by atoms with Gasteiger partial charge in [-0.05, 0) is 30.2 Å². The van der Waals surface area contributed by atoms with Crippen molar-refractivity contribution >= 4 is 29.6 Å². The largest absolute Gasteiger partial charge is 0.480 e. The predicted molar refractivity (Wildman–Crippen MR) is 134 cm³/mol. The molecule has 11 nitrogen and oxygen atoms in total. The van der Waals surface area contributed by atoms with Crippen molar-refractivity contribution in [2.24, 2.45) is 23.3 Å². The maximum absolute atomic E-state index is 13.2. The molecule has 0 aliphatic heterocycles. The highest BCUT2D eigenvalue weighted by Crippen LogP contribution is 2.10. The van der Waals surface area contributed by atoms with E-state index in [-0.39, 0.29) is 37.5 Å². The molecule has 11 heteroatoms. The van der Waals surface area contributed by atoms with Crippen LogP contribution >= 0.6 is 0 Å². The summed E-state index contributed by atoms with van der Waals surface area (Å²) in [6.45, 7) is 7.39. The molecule has 4 atom stereocenters. The number of hydrogen-bond donors (Lipinski definition) is 6. The molecule has 4 amide bonds. The predicted octanol–water partition coefficient (Wildman–Crippen LogP) is 0.0630. The number of nitrogens with one attached hydrogen (secondary N) is 3. The number of carboxylic acids is 1. The lowest BCUT2D eigenvalue weighted by Crippen LogP contribution is -2.58. The van der Waals surface area contributed by atoms with Crippen molar-refractivity contribution in [3.05, 3.63) is 35.9 Å². The lowest BCUT2D eigenvalue weighted by Gasteiger charge is -2.26. The summed E-state index contributed by atoms with van der Waals surface area (Å²) in [4.78, 5) is 61.6. The molecule has 0 bridgehead atoms. The van der Waals surface area contributed by atoms with Gasteiger partial charge in [0, 0.05) is 6.42 Å². The molecule has 36 heavy (non-hydrogen) atoms. The Morgan fingerprint density at radius 2 is 1.25 bits per heavy atom. The number of amides is 4. The lowest BCUT2D eigenvalue weighted by atomic mass is 9.99. The van der Waals surface area contributed by atoms with Gasteiger partial charge in [-0.1, -0.05) is 58.0 Å². The van der Waals surface area contributed by atoms with Crippen molar-refractivity contribution in [2.75, 3.05) is 0 Å². The maximum atomic E-state index is 13.2. The van der Waals surface area contributed by atoms with Gasteiger partial charge in [-0.3, -0.25) is 19.2 Å². The molecule has 0 aliphatic carbocycles. The molecular formula is C25H39N5O6. The summed E-state index contributed by atoms with van der Waals surface area (Å²) < 4.78 is 0. The van der Waals surface area contributed by atoms with Crippen LogP contribution in [0.15, 0.2) is 30.3 Å². The van der Waals surface area contributed by atoms with Crippen molar-refractivity contribution in [3.8, 4) is 0 Å². The summed E-state index contributed by atoms with van der Waals surface area (Å²) in [6.07, 6.45) is 0.186. The van der Waals surface area contributed by atoms with Crippen molar-refractivity contribution < 1.29 is 29.1 Å². The van der Waals surface area contributed by atoms with E-state index in [9.17, 15) is 29.1 Å². The number of aliphatic carboxylic acids is 1. The molecule has 0 saturated heterocycles. The molecule has 0 fully saturated rings. The summed E-state index contributed by atoms with van der Waals surface area (Å²) in [5.74, 6) is -3.91. The highest BCUT2D eigenvalue weighted by molar-refractivity contribution is 5.95. The number of nitrogens with two attached hydrogens (primary N) is 2. The lowest BCUT2D eigenvalue weighted by molar-refractivity contribution is -0.142. The van der Waals surface area contributed by atoms with Gasteiger partial charge in [-0.25, -0.2) is 4.79 Å². The summed E-state index contributed by atoms with van der Waals surface area (Å²) in [7, 11) is 0. The van der Waals surface area contributed by atoms with Gasteiger partial charge >= 0.3 is 5.97 Å². The molecule has 1 rings (SSSR count). The fourth-order valence-corrected chi connectivity index (χ4v) is 3.59. The molecule has 0 saturated carbocycles. The topological polar surface area (TPSA) is 194 Å². The van der Waals surface area contributed by atoms with Crippen LogP contribution in [-0.2, 0) is 30.4 Å². The zero-order valence-corrected chi connectivity index (χ0v) is 21.3. The molecule has 4 unspecified atom stereocenters.